The van der Waals surface area contributed by atoms with E-state index in [2.05, 4.69) is 4.98 Å². The summed E-state index contributed by atoms with van der Waals surface area (Å²) in [6, 6.07) is 0. The lowest BCUT2D eigenvalue weighted by atomic mass is 10.2. The van der Waals surface area contributed by atoms with Gasteiger partial charge in [0.2, 0.25) is 0 Å². The molecule has 1 aromatic heterocycles. The van der Waals surface area contributed by atoms with Crippen LogP contribution in [0.4, 0.5) is 0 Å². The van der Waals surface area contributed by atoms with E-state index < -0.39 is 36.3 Å². The summed E-state index contributed by atoms with van der Waals surface area (Å²) in [5, 5.41) is 27.5. The average Bonchev–Trinajstić information content (AvgIpc) is 2.70. The Morgan fingerprint density at radius 1 is 1.44 bits per heavy atom. The molecule has 1 aliphatic heterocycles. The van der Waals surface area contributed by atoms with E-state index in [1.807, 2.05) is 0 Å². The average molecular weight is 258 g/mol. The van der Waals surface area contributed by atoms with Crippen LogP contribution in [0, 0.1) is 0 Å². The van der Waals surface area contributed by atoms with E-state index in [0.29, 0.717) is 0 Å². The second-order valence-corrected chi connectivity index (χ2v) is 4.09. The van der Waals surface area contributed by atoms with Crippen molar-refractivity contribution in [3.05, 3.63) is 32.6 Å². The van der Waals surface area contributed by atoms with Crippen molar-refractivity contribution in [2.75, 3.05) is 6.61 Å². The first kappa shape index (κ1) is 13.0. The Hall–Kier alpha value is -1.48. The highest BCUT2D eigenvalue weighted by atomic mass is 16.5. The first-order valence-electron chi connectivity index (χ1n) is 5.46. The molecule has 0 radical (unpaired) electrons. The lowest BCUT2D eigenvalue weighted by Crippen LogP contribution is -2.34. The molecule has 8 nitrogen and oxygen atoms in total. The molecule has 8 heteroatoms. The Labute approximate surface area is 101 Å². The van der Waals surface area contributed by atoms with Gasteiger partial charge in [0.1, 0.15) is 12.3 Å². The van der Waals surface area contributed by atoms with Gasteiger partial charge in [-0.1, -0.05) is 0 Å². The fraction of sp³-hybridized carbons (Fsp3) is 0.600. The summed E-state index contributed by atoms with van der Waals surface area (Å²) in [6.07, 6.45) is -1.09. The highest BCUT2D eigenvalue weighted by Gasteiger charge is 2.35. The van der Waals surface area contributed by atoms with Crippen molar-refractivity contribution in [3.63, 3.8) is 0 Å². The number of aromatic nitrogens is 2. The van der Waals surface area contributed by atoms with Crippen LogP contribution < -0.4 is 11.2 Å². The minimum atomic E-state index is -0.878. The minimum Gasteiger partial charge on any atom is -0.394 e. The molecular formula is C10H14N2O6. The fourth-order valence-corrected chi connectivity index (χ4v) is 1.90. The first-order chi connectivity index (χ1) is 8.56. The molecule has 0 saturated carbocycles. The maximum atomic E-state index is 11.6. The standard InChI is InChI=1S/C10H14N2O6/c13-3-5-2-12(10(17)11-9(5)16)8-1-6(15)7(4-14)18-8/h2,6-8,13-15H,1,3-4H2,(H,11,16,17)/t6-,7?,8?/m1/s1. The zero-order valence-electron chi connectivity index (χ0n) is 9.44. The summed E-state index contributed by atoms with van der Waals surface area (Å²) in [6.45, 7) is -0.864. The predicted molar refractivity (Wildman–Crippen MR) is 58.9 cm³/mol. The zero-order chi connectivity index (χ0) is 13.3. The molecule has 1 aromatic rings. The van der Waals surface area contributed by atoms with Crippen molar-refractivity contribution >= 4 is 0 Å². The molecule has 2 unspecified atom stereocenters. The van der Waals surface area contributed by atoms with E-state index in [0.717, 1.165) is 4.57 Å². The third-order valence-electron chi connectivity index (χ3n) is 2.91. The Balaban J connectivity index is 2.35. The normalized spacial score (nSPS) is 27.6. The van der Waals surface area contributed by atoms with Crippen molar-refractivity contribution in [2.24, 2.45) is 0 Å². The van der Waals surface area contributed by atoms with Gasteiger partial charge in [0.25, 0.3) is 5.56 Å². The number of nitrogens with zero attached hydrogens (tertiary/aromatic N) is 1. The van der Waals surface area contributed by atoms with Gasteiger partial charge in [-0.2, -0.15) is 0 Å². The Morgan fingerprint density at radius 2 is 2.17 bits per heavy atom. The smallest absolute Gasteiger partial charge is 0.330 e. The number of ether oxygens (including phenoxy) is 1. The summed E-state index contributed by atoms with van der Waals surface area (Å²) < 4.78 is 6.38. The summed E-state index contributed by atoms with van der Waals surface area (Å²) in [7, 11) is 0. The lowest BCUT2D eigenvalue weighted by molar-refractivity contribution is -0.0460. The fourth-order valence-electron chi connectivity index (χ4n) is 1.90. The molecular weight excluding hydrogens is 244 g/mol. The molecule has 0 bridgehead atoms. The highest BCUT2D eigenvalue weighted by Crippen LogP contribution is 2.27. The molecule has 3 atom stereocenters. The van der Waals surface area contributed by atoms with Gasteiger partial charge in [-0.3, -0.25) is 14.3 Å². The number of rotatable bonds is 3. The van der Waals surface area contributed by atoms with Gasteiger partial charge in [0, 0.05) is 12.6 Å². The summed E-state index contributed by atoms with van der Waals surface area (Å²) in [4.78, 5) is 24.9. The molecule has 18 heavy (non-hydrogen) atoms. The molecule has 1 fully saturated rings. The van der Waals surface area contributed by atoms with E-state index >= 15 is 0 Å². The number of aromatic amines is 1. The summed E-state index contributed by atoms with van der Waals surface area (Å²) in [5.74, 6) is 0. The number of aliphatic hydroxyl groups is 3. The molecule has 1 saturated heterocycles. The quantitative estimate of drug-likeness (QED) is 0.482. The maximum absolute atomic E-state index is 11.6. The number of hydrogen-bond donors (Lipinski definition) is 4. The van der Waals surface area contributed by atoms with E-state index in [-0.39, 0.29) is 18.6 Å². The third-order valence-corrected chi connectivity index (χ3v) is 2.91. The molecule has 4 N–H and O–H groups in total. The summed E-state index contributed by atoms with van der Waals surface area (Å²) in [5.41, 5.74) is -1.32. The van der Waals surface area contributed by atoms with Gasteiger partial charge >= 0.3 is 5.69 Å². The van der Waals surface area contributed by atoms with Crippen LogP contribution in [-0.4, -0.2) is 43.7 Å². The largest absolute Gasteiger partial charge is 0.394 e. The molecule has 1 aliphatic rings. The number of H-pyrrole nitrogens is 1. The Kier molecular flexibility index (Phi) is 3.62. The minimum absolute atomic E-state index is 0.0279. The third kappa shape index (κ3) is 2.23. The van der Waals surface area contributed by atoms with E-state index in [1.54, 1.807) is 0 Å². The van der Waals surface area contributed by atoms with Crippen molar-refractivity contribution in [1.29, 1.82) is 0 Å². The van der Waals surface area contributed by atoms with Gasteiger partial charge in [0.05, 0.1) is 24.9 Å². The number of nitrogens with one attached hydrogen (secondary N) is 1. The SMILES string of the molecule is O=c1[nH]c(=O)n(C2C[C@@H](O)C(CO)O2)cc1CO. The van der Waals surface area contributed by atoms with E-state index in [4.69, 9.17) is 14.9 Å². The van der Waals surface area contributed by atoms with Crippen LogP contribution in [0.1, 0.15) is 18.2 Å². The molecule has 100 valence electrons. The van der Waals surface area contributed by atoms with Crippen molar-refractivity contribution in [3.8, 4) is 0 Å². The monoisotopic (exact) mass is 258 g/mol. The molecule has 2 rings (SSSR count). The van der Waals surface area contributed by atoms with Gasteiger partial charge in [-0.25, -0.2) is 4.79 Å². The van der Waals surface area contributed by atoms with Crippen LogP contribution in [-0.2, 0) is 11.3 Å². The highest BCUT2D eigenvalue weighted by molar-refractivity contribution is 5.03. The van der Waals surface area contributed by atoms with E-state index in [9.17, 15) is 14.7 Å². The van der Waals surface area contributed by atoms with Crippen molar-refractivity contribution in [1.82, 2.24) is 9.55 Å². The Morgan fingerprint density at radius 3 is 2.72 bits per heavy atom. The molecule has 0 amide bonds. The van der Waals surface area contributed by atoms with Crippen LogP contribution >= 0.6 is 0 Å². The summed E-state index contributed by atoms with van der Waals surface area (Å²) >= 11 is 0. The second-order valence-electron chi connectivity index (χ2n) is 4.09. The van der Waals surface area contributed by atoms with Crippen molar-refractivity contribution < 1.29 is 20.1 Å². The molecule has 0 spiro atoms. The number of aliphatic hydroxyl groups excluding tert-OH is 3. The van der Waals surface area contributed by atoms with Crippen LogP contribution in [0.2, 0.25) is 0 Å². The van der Waals surface area contributed by atoms with Gasteiger partial charge in [0.15, 0.2) is 0 Å². The van der Waals surface area contributed by atoms with Crippen molar-refractivity contribution in [2.45, 2.75) is 31.5 Å². The zero-order valence-corrected chi connectivity index (χ0v) is 9.44. The molecule has 0 aliphatic carbocycles. The van der Waals surface area contributed by atoms with Gasteiger partial charge in [-0.15, -0.1) is 0 Å². The lowest BCUT2D eigenvalue weighted by Gasteiger charge is -2.14. The molecule has 2 heterocycles. The molecule has 0 aromatic carbocycles. The maximum Gasteiger partial charge on any atom is 0.330 e. The number of hydrogen-bond acceptors (Lipinski definition) is 6. The first-order valence-corrected chi connectivity index (χ1v) is 5.46. The van der Waals surface area contributed by atoms with Crippen LogP contribution in [0.3, 0.4) is 0 Å². The van der Waals surface area contributed by atoms with Crippen LogP contribution in [0.15, 0.2) is 15.8 Å². The van der Waals surface area contributed by atoms with Gasteiger partial charge in [-0.05, 0) is 0 Å². The Bertz CT molecular complexity index is 536. The van der Waals surface area contributed by atoms with E-state index in [1.165, 1.54) is 6.20 Å². The topological polar surface area (TPSA) is 125 Å². The van der Waals surface area contributed by atoms with Gasteiger partial charge < -0.3 is 20.1 Å². The van der Waals surface area contributed by atoms with Crippen LogP contribution in [0.5, 0.6) is 0 Å². The predicted octanol–water partition coefficient (Wildman–Crippen LogP) is -2.33. The van der Waals surface area contributed by atoms with Crippen LogP contribution in [0.25, 0.3) is 0 Å². The second kappa shape index (κ2) is 5.02.